The summed E-state index contributed by atoms with van der Waals surface area (Å²) in [4.78, 5) is 29.8. The SMILES string of the molecule is COc1cc2c(cc1OC)CN(CC(=O)N1CCN(C(C)=O)CC1)CC2. The Morgan fingerprint density at radius 1 is 0.923 bits per heavy atom. The largest absolute Gasteiger partial charge is 0.493 e. The first-order valence-electron chi connectivity index (χ1n) is 9.01. The molecule has 1 saturated heterocycles. The molecule has 7 heteroatoms. The predicted molar refractivity (Wildman–Crippen MR) is 97.4 cm³/mol. The number of benzene rings is 1. The van der Waals surface area contributed by atoms with Gasteiger partial charge in [0, 0.05) is 46.2 Å². The van der Waals surface area contributed by atoms with E-state index < -0.39 is 0 Å². The summed E-state index contributed by atoms with van der Waals surface area (Å²) in [6.45, 7) is 6.06. The molecule has 0 saturated carbocycles. The molecular weight excluding hydrogens is 334 g/mol. The van der Waals surface area contributed by atoms with E-state index in [1.165, 1.54) is 11.1 Å². The minimum absolute atomic E-state index is 0.0779. The Bertz CT molecular complexity index is 684. The topological polar surface area (TPSA) is 62.3 Å². The average Bonchev–Trinajstić information content (AvgIpc) is 2.66. The van der Waals surface area contributed by atoms with E-state index in [4.69, 9.17) is 9.47 Å². The van der Waals surface area contributed by atoms with Crippen molar-refractivity contribution in [2.45, 2.75) is 19.9 Å². The summed E-state index contributed by atoms with van der Waals surface area (Å²) < 4.78 is 10.8. The van der Waals surface area contributed by atoms with Gasteiger partial charge in [-0.15, -0.1) is 0 Å². The zero-order valence-corrected chi connectivity index (χ0v) is 15.8. The van der Waals surface area contributed by atoms with Crippen molar-refractivity contribution in [2.75, 3.05) is 53.5 Å². The number of hydrogen-bond donors (Lipinski definition) is 0. The zero-order valence-electron chi connectivity index (χ0n) is 15.8. The molecule has 0 radical (unpaired) electrons. The third kappa shape index (κ3) is 3.93. The molecule has 0 aliphatic carbocycles. The van der Waals surface area contributed by atoms with Crippen LogP contribution < -0.4 is 9.47 Å². The van der Waals surface area contributed by atoms with Crippen LogP contribution in [-0.2, 0) is 22.6 Å². The Labute approximate surface area is 154 Å². The lowest BCUT2D eigenvalue weighted by Crippen LogP contribution is -2.52. The van der Waals surface area contributed by atoms with Crippen LogP contribution in [-0.4, -0.2) is 80.0 Å². The molecule has 0 bridgehead atoms. The second-order valence-electron chi connectivity index (χ2n) is 6.82. The molecule has 0 atom stereocenters. The van der Waals surface area contributed by atoms with Crippen LogP contribution in [0, 0.1) is 0 Å². The lowest BCUT2D eigenvalue weighted by Gasteiger charge is -2.36. The van der Waals surface area contributed by atoms with Crippen molar-refractivity contribution in [1.82, 2.24) is 14.7 Å². The van der Waals surface area contributed by atoms with Gasteiger partial charge in [-0.05, 0) is 29.7 Å². The van der Waals surface area contributed by atoms with Crippen LogP contribution in [0.15, 0.2) is 12.1 Å². The molecule has 1 aromatic rings. The van der Waals surface area contributed by atoms with Crippen molar-refractivity contribution in [3.63, 3.8) is 0 Å². The summed E-state index contributed by atoms with van der Waals surface area (Å²) >= 11 is 0. The molecule has 0 aromatic heterocycles. The molecular formula is C19H27N3O4. The van der Waals surface area contributed by atoms with Crippen molar-refractivity contribution in [1.29, 1.82) is 0 Å². The minimum Gasteiger partial charge on any atom is -0.493 e. The Hall–Kier alpha value is -2.28. The summed E-state index contributed by atoms with van der Waals surface area (Å²) in [5.74, 6) is 1.69. The smallest absolute Gasteiger partial charge is 0.236 e. The van der Waals surface area contributed by atoms with Crippen molar-refractivity contribution in [3.8, 4) is 11.5 Å². The summed E-state index contributed by atoms with van der Waals surface area (Å²) in [5.41, 5.74) is 2.43. The average molecular weight is 361 g/mol. The van der Waals surface area contributed by atoms with Gasteiger partial charge >= 0.3 is 0 Å². The number of fused-ring (bicyclic) bond motifs is 1. The monoisotopic (exact) mass is 361 g/mol. The van der Waals surface area contributed by atoms with Gasteiger partial charge in [-0.25, -0.2) is 0 Å². The molecule has 26 heavy (non-hydrogen) atoms. The fourth-order valence-electron chi connectivity index (χ4n) is 3.64. The van der Waals surface area contributed by atoms with Gasteiger partial charge < -0.3 is 19.3 Å². The number of amides is 2. The number of piperazine rings is 1. The first kappa shape index (κ1) is 18.5. The van der Waals surface area contributed by atoms with E-state index in [1.54, 1.807) is 26.0 Å². The van der Waals surface area contributed by atoms with Gasteiger partial charge in [-0.2, -0.15) is 0 Å². The Morgan fingerprint density at radius 2 is 1.50 bits per heavy atom. The van der Waals surface area contributed by atoms with E-state index >= 15 is 0 Å². The lowest BCUT2D eigenvalue weighted by atomic mass is 9.98. The number of carbonyl (C=O) groups excluding carboxylic acids is 2. The van der Waals surface area contributed by atoms with Gasteiger partial charge in [0.25, 0.3) is 0 Å². The third-order valence-corrected chi connectivity index (χ3v) is 5.23. The Kier molecular flexibility index (Phi) is 5.66. The molecule has 0 spiro atoms. The normalized spacial score (nSPS) is 17.7. The molecule has 2 heterocycles. The zero-order chi connectivity index (χ0) is 18.7. The molecule has 2 aliphatic heterocycles. The molecule has 0 unspecified atom stereocenters. The van der Waals surface area contributed by atoms with E-state index in [9.17, 15) is 9.59 Å². The fraction of sp³-hybridized carbons (Fsp3) is 0.579. The van der Waals surface area contributed by atoms with E-state index in [1.807, 2.05) is 17.0 Å². The van der Waals surface area contributed by atoms with Crippen LogP contribution in [0.2, 0.25) is 0 Å². The van der Waals surface area contributed by atoms with Crippen molar-refractivity contribution in [3.05, 3.63) is 23.3 Å². The van der Waals surface area contributed by atoms with Gasteiger partial charge in [-0.3, -0.25) is 14.5 Å². The molecule has 7 nitrogen and oxygen atoms in total. The van der Waals surface area contributed by atoms with Gasteiger partial charge in [0.1, 0.15) is 0 Å². The number of hydrogen-bond acceptors (Lipinski definition) is 5. The molecule has 3 rings (SSSR count). The fourth-order valence-corrected chi connectivity index (χ4v) is 3.64. The van der Waals surface area contributed by atoms with E-state index in [0.29, 0.717) is 32.7 Å². The second-order valence-corrected chi connectivity index (χ2v) is 6.82. The highest BCUT2D eigenvalue weighted by Crippen LogP contribution is 2.33. The first-order chi connectivity index (χ1) is 12.5. The van der Waals surface area contributed by atoms with Gasteiger partial charge in [0.15, 0.2) is 11.5 Å². The lowest BCUT2D eigenvalue weighted by molar-refractivity contribution is -0.139. The maximum Gasteiger partial charge on any atom is 0.236 e. The number of nitrogens with zero attached hydrogens (tertiary/aromatic N) is 3. The summed E-state index contributed by atoms with van der Waals surface area (Å²) in [5, 5.41) is 0. The highest BCUT2D eigenvalue weighted by atomic mass is 16.5. The quantitative estimate of drug-likeness (QED) is 0.792. The standard InChI is InChI=1S/C19H27N3O4/c1-14(23)21-6-8-22(9-7-21)19(24)13-20-5-4-15-10-17(25-2)18(26-3)11-16(15)12-20/h10-11H,4-9,12-13H2,1-3H3. The van der Waals surface area contributed by atoms with Crippen LogP contribution in [0.3, 0.4) is 0 Å². The van der Waals surface area contributed by atoms with Gasteiger partial charge in [0.05, 0.1) is 20.8 Å². The van der Waals surface area contributed by atoms with Crippen molar-refractivity contribution < 1.29 is 19.1 Å². The third-order valence-electron chi connectivity index (χ3n) is 5.23. The highest BCUT2D eigenvalue weighted by Gasteiger charge is 2.26. The number of methoxy groups -OCH3 is 2. The van der Waals surface area contributed by atoms with Gasteiger partial charge in [-0.1, -0.05) is 0 Å². The van der Waals surface area contributed by atoms with Gasteiger partial charge in [0.2, 0.25) is 11.8 Å². The molecule has 1 aromatic carbocycles. The van der Waals surface area contributed by atoms with E-state index in [-0.39, 0.29) is 11.8 Å². The molecule has 2 aliphatic rings. The molecule has 142 valence electrons. The van der Waals surface area contributed by atoms with Crippen LogP contribution in [0.1, 0.15) is 18.1 Å². The molecule has 1 fully saturated rings. The van der Waals surface area contributed by atoms with Crippen LogP contribution in [0.25, 0.3) is 0 Å². The number of rotatable bonds is 4. The summed E-state index contributed by atoms with van der Waals surface area (Å²) in [7, 11) is 3.28. The number of ether oxygens (including phenoxy) is 2. The van der Waals surface area contributed by atoms with E-state index in [2.05, 4.69) is 4.90 Å². The van der Waals surface area contributed by atoms with E-state index in [0.717, 1.165) is 31.0 Å². The maximum atomic E-state index is 12.6. The predicted octanol–water partition coefficient (Wildman–Crippen LogP) is 0.753. The second kappa shape index (κ2) is 7.95. The van der Waals surface area contributed by atoms with Crippen LogP contribution in [0.5, 0.6) is 11.5 Å². The van der Waals surface area contributed by atoms with Crippen molar-refractivity contribution in [2.24, 2.45) is 0 Å². The highest BCUT2D eigenvalue weighted by molar-refractivity contribution is 5.79. The first-order valence-corrected chi connectivity index (χ1v) is 9.01. The summed E-state index contributed by atoms with van der Waals surface area (Å²) in [6, 6.07) is 4.05. The Morgan fingerprint density at radius 3 is 2.08 bits per heavy atom. The minimum atomic E-state index is 0.0779. The molecule has 2 amide bonds. The molecule has 0 N–H and O–H groups in total. The van der Waals surface area contributed by atoms with Crippen LogP contribution in [0.4, 0.5) is 0 Å². The maximum absolute atomic E-state index is 12.6. The Balaban J connectivity index is 1.59. The number of carbonyl (C=O) groups is 2. The van der Waals surface area contributed by atoms with Crippen molar-refractivity contribution >= 4 is 11.8 Å². The van der Waals surface area contributed by atoms with Crippen LogP contribution >= 0.6 is 0 Å². The summed E-state index contributed by atoms with van der Waals surface area (Å²) in [6.07, 6.45) is 0.890.